The monoisotopic (exact) mass is 291 g/mol. The van der Waals surface area contributed by atoms with E-state index in [-0.39, 0.29) is 11.9 Å². The molecule has 1 aliphatic rings. The second-order valence-corrected chi connectivity index (χ2v) is 6.11. The Morgan fingerprint density at radius 2 is 2.40 bits per heavy atom. The molecule has 1 atom stereocenters. The van der Waals surface area contributed by atoms with Crippen molar-refractivity contribution in [3.8, 4) is 0 Å². The summed E-state index contributed by atoms with van der Waals surface area (Å²) < 4.78 is 15.8. The van der Waals surface area contributed by atoms with Crippen LogP contribution in [0, 0.1) is 5.82 Å². The molecule has 0 radical (unpaired) electrons. The summed E-state index contributed by atoms with van der Waals surface area (Å²) in [5.41, 5.74) is 1.10. The number of hydrogen-bond acceptors (Lipinski definition) is 3. The van der Waals surface area contributed by atoms with E-state index in [0.29, 0.717) is 0 Å². The first-order valence-corrected chi connectivity index (χ1v) is 7.85. The third-order valence-electron chi connectivity index (χ3n) is 3.69. The number of thioether (sulfide) groups is 1. The predicted octanol–water partition coefficient (Wildman–Crippen LogP) is 2.93. The number of hydrogen-bond donors (Lipinski definition) is 1. The normalized spacial score (nSPS) is 18.0. The quantitative estimate of drug-likeness (QED) is 0.939. The van der Waals surface area contributed by atoms with Crippen molar-refractivity contribution >= 4 is 11.8 Å². The van der Waals surface area contributed by atoms with Gasteiger partial charge in [0.05, 0.1) is 0 Å². The van der Waals surface area contributed by atoms with Crippen LogP contribution in [0.2, 0.25) is 0 Å². The lowest BCUT2D eigenvalue weighted by molar-refractivity contribution is 0.495. The van der Waals surface area contributed by atoms with Gasteiger partial charge in [0.25, 0.3) is 0 Å². The standard InChI is InChI=1S/C15H18FN3S/c1-19-9-8-18-14(19)5-7-17-13-6-10-20-15-11(13)3-2-4-12(15)16/h2-4,8-9,13,17H,5-7,10H2,1H3. The highest BCUT2D eigenvalue weighted by Gasteiger charge is 2.22. The fraction of sp³-hybridized carbons (Fsp3) is 0.400. The molecule has 5 heteroatoms. The molecule has 1 aromatic heterocycles. The fourth-order valence-corrected chi connectivity index (χ4v) is 3.73. The van der Waals surface area contributed by atoms with Crippen molar-refractivity contribution in [3.05, 3.63) is 47.8 Å². The van der Waals surface area contributed by atoms with Crippen LogP contribution >= 0.6 is 11.8 Å². The first-order chi connectivity index (χ1) is 9.75. The molecule has 0 spiro atoms. The smallest absolute Gasteiger partial charge is 0.137 e. The molecule has 0 fully saturated rings. The van der Waals surface area contributed by atoms with E-state index in [4.69, 9.17) is 0 Å². The Balaban J connectivity index is 1.65. The summed E-state index contributed by atoms with van der Waals surface area (Å²) >= 11 is 1.62. The van der Waals surface area contributed by atoms with Gasteiger partial charge >= 0.3 is 0 Å². The molecule has 0 bridgehead atoms. The summed E-state index contributed by atoms with van der Waals surface area (Å²) in [5.74, 6) is 1.94. The molecule has 0 saturated carbocycles. The van der Waals surface area contributed by atoms with Crippen LogP contribution in [0.15, 0.2) is 35.5 Å². The molecule has 0 aliphatic carbocycles. The van der Waals surface area contributed by atoms with Crippen molar-refractivity contribution in [2.24, 2.45) is 7.05 Å². The lowest BCUT2D eigenvalue weighted by Gasteiger charge is -2.26. The SMILES string of the molecule is Cn1ccnc1CCNC1CCSc2c(F)cccc21. The summed E-state index contributed by atoms with van der Waals surface area (Å²) in [6, 6.07) is 5.63. The molecule has 0 amide bonds. The molecular formula is C15H18FN3S. The molecule has 0 saturated heterocycles. The van der Waals surface area contributed by atoms with Gasteiger partial charge in [-0.15, -0.1) is 11.8 Å². The van der Waals surface area contributed by atoms with Crippen LogP contribution in [0.3, 0.4) is 0 Å². The lowest BCUT2D eigenvalue weighted by Crippen LogP contribution is -2.27. The molecule has 2 heterocycles. The van der Waals surface area contributed by atoms with E-state index in [0.717, 1.165) is 41.4 Å². The maximum absolute atomic E-state index is 13.8. The topological polar surface area (TPSA) is 29.9 Å². The number of fused-ring (bicyclic) bond motifs is 1. The van der Waals surface area contributed by atoms with Gasteiger partial charge in [0.2, 0.25) is 0 Å². The van der Waals surface area contributed by atoms with Crippen LogP contribution in [0.4, 0.5) is 4.39 Å². The van der Waals surface area contributed by atoms with Crippen molar-refractivity contribution in [3.63, 3.8) is 0 Å². The predicted molar refractivity (Wildman–Crippen MR) is 79.4 cm³/mol. The second kappa shape index (κ2) is 5.97. The molecule has 106 valence electrons. The zero-order valence-corrected chi connectivity index (χ0v) is 12.3. The van der Waals surface area contributed by atoms with E-state index in [1.807, 2.05) is 30.1 Å². The second-order valence-electron chi connectivity index (χ2n) is 5.01. The Kier molecular flexibility index (Phi) is 4.08. The first kappa shape index (κ1) is 13.6. The summed E-state index contributed by atoms with van der Waals surface area (Å²) in [6.45, 7) is 0.857. The Morgan fingerprint density at radius 3 is 3.20 bits per heavy atom. The van der Waals surface area contributed by atoms with Crippen LogP contribution in [0.1, 0.15) is 23.9 Å². The molecule has 3 rings (SSSR count). The molecule has 1 aliphatic heterocycles. The van der Waals surface area contributed by atoms with Gasteiger partial charge in [-0.1, -0.05) is 12.1 Å². The van der Waals surface area contributed by atoms with Crippen LogP contribution in [0.5, 0.6) is 0 Å². The van der Waals surface area contributed by atoms with Gasteiger partial charge in [-0.05, 0) is 23.8 Å². The number of halogens is 1. The average molecular weight is 291 g/mol. The van der Waals surface area contributed by atoms with Gasteiger partial charge in [-0.3, -0.25) is 0 Å². The van der Waals surface area contributed by atoms with Crippen molar-refractivity contribution in [2.75, 3.05) is 12.3 Å². The molecule has 1 unspecified atom stereocenters. The third-order valence-corrected chi connectivity index (χ3v) is 4.85. The van der Waals surface area contributed by atoms with Crippen molar-refractivity contribution in [1.29, 1.82) is 0 Å². The highest BCUT2D eigenvalue weighted by molar-refractivity contribution is 7.99. The molecule has 3 nitrogen and oxygen atoms in total. The minimum absolute atomic E-state index is 0.0944. The number of benzene rings is 1. The maximum atomic E-state index is 13.8. The zero-order valence-electron chi connectivity index (χ0n) is 11.5. The van der Waals surface area contributed by atoms with Gasteiger partial charge in [0.15, 0.2) is 0 Å². The minimum Gasteiger partial charge on any atom is -0.338 e. The maximum Gasteiger partial charge on any atom is 0.137 e. The van der Waals surface area contributed by atoms with Crippen molar-refractivity contribution in [2.45, 2.75) is 23.8 Å². The molecule has 1 aromatic carbocycles. The number of nitrogens with zero attached hydrogens (tertiary/aromatic N) is 2. The van der Waals surface area contributed by atoms with Crippen LogP contribution in [-0.4, -0.2) is 21.8 Å². The molecule has 1 N–H and O–H groups in total. The van der Waals surface area contributed by atoms with E-state index in [9.17, 15) is 4.39 Å². The third kappa shape index (κ3) is 2.74. The van der Waals surface area contributed by atoms with Gasteiger partial charge in [-0.2, -0.15) is 0 Å². The zero-order chi connectivity index (χ0) is 13.9. The lowest BCUT2D eigenvalue weighted by atomic mass is 10.0. The number of aromatic nitrogens is 2. The molecule has 2 aromatic rings. The number of imidazole rings is 1. The van der Waals surface area contributed by atoms with Gasteiger partial charge in [0, 0.05) is 43.3 Å². The van der Waals surface area contributed by atoms with E-state index in [1.165, 1.54) is 0 Å². The van der Waals surface area contributed by atoms with Crippen LogP contribution in [-0.2, 0) is 13.5 Å². The van der Waals surface area contributed by atoms with Crippen molar-refractivity contribution < 1.29 is 4.39 Å². The Morgan fingerprint density at radius 1 is 1.50 bits per heavy atom. The van der Waals surface area contributed by atoms with Gasteiger partial charge < -0.3 is 9.88 Å². The summed E-state index contributed by atoms with van der Waals surface area (Å²) in [4.78, 5) is 5.13. The van der Waals surface area contributed by atoms with E-state index in [2.05, 4.69) is 10.3 Å². The van der Waals surface area contributed by atoms with Crippen LogP contribution < -0.4 is 5.32 Å². The highest BCUT2D eigenvalue weighted by atomic mass is 32.2. The van der Waals surface area contributed by atoms with Crippen molar-refractivity contribution in [1.82, 2.24) is 14.9 Å². The summed E-state index contributed by atoms with van der Waals surface area (Å²) in [6.07, 6.45) is 5.70. The Bertz CT molecular complexity index is 597. The largest absolute Gasteiger partial charge is 0.338 e. The highest BCUT2D eigenvalue weighted by Crippen LogP contribution is 2.37. The molecular weight excluding hydrogens is 273 g/mol. The Hall–Kier alpha value is -1.33. The van der Waals surface area contributed by atoms with Crippen LogP contribution in [0.25, 0.3) is 0 Å². The molecule has 20 heavy (non-hydrogen) atoms. The Labute approximate surface area is 122 Å². The van der Waals surface area contributed by atoms with E-state index >= 15 is 0 Å². The van der Waals surface area contributed by atoms with Gasteiger partial charge in [0.1, 0.15) is 11.6 Å². The summed E-state index contributed by atoms with van der Waals surface area (Å²) in [7, 11) is 2.00. The minimum atomic E-state index is -0.0944. The number of nitrogens with one attached hydrogen (secondary N) is 1. The van der Waals surface area contributed by atoms with E-state index < -0.39 is 0 Å². The first-order valence-electron chi connectivity index (χ1n) is 6.86. The van der Waals surface area contributed by atoms with Gasteiger partial charge in [-0.25, -0.2) is 9.37 Å². The average Bonchev–Trinajstić information content (AvgIpc) is 2.86. The fourth-order valence-electron chi connectivity index (χ4n) is 2.59. The summed E-state index contributed by atoms with van der Waals surface area (Å²) in [5, 5.41) is 3.54. The van der Waals surface area contributed by atoms with E-state index in [1.54, 1.807) is 23.9 Å². The number of rotatable bonds is 4. The number of aryl methyl sites for hydroxylation is 1.